The van der Waals surface area contributed by atoms with E-state index in [1.165, 1.54) is 17.5 Å². The van der Waals surface area contributed by atoms with Gasteiger partial charge in [0.2, 0.25) is 0 Å². The Balaban J connectivity index is 1.35. The molecule has 2 aliphatic rings. The second-order valence-electron chi connectivity index (χ2n) is 9.84. The molecular formula is C28H33N5O5. The fourth-order valence-corrected chi connectivity index (χ4v) is 4.63. The number of aryl methyl sites for hydroxylation is 1. The number of aliphatic hydroxyl groups excluding tert-OH is 2. The summed E-state index contributed by atoms with van der Waals surface area (Å²) in [5, 5.41) is 24.1. The van der Waals surface area contributed by atoms with E-state index in [1.807, 2.05) is 18.2 Å². The molecule has 1 saturated carbocycles. The first-order valence-electron chi connectivity index (χ1n) is 13.0. The molecule has 0 unspecified atom stereocenters. The maximum atomic E-state index is 13.1. The van der Waals surface area contributed by atoms with Gasteiger partial charge >= 0.3 is 0 Å². The number of hydrogen-bond donors (Lipinski definition) is 4. The van der Waals surface area contributed by atoms with Gasteiger partial charge in [-0.1, -0.05) is 18.2 Å². The van der Waals surface area contributed by atoms with E-state index in [1.54, 1.807) is 12.1 Å². The van der Waals surface area contributed by atoms with Crippen molar-refractivity contribution in [3.63, 3.8) is 0 Å². The topological polar surface area (TPSA) is 131 Å². The fourth-order valence-electron chi connectivity index (χ4n) is 4.63. The summed E-state index contributed by atoms with van der Waals surface area (Å²) >= 11 is 0. The van der Waals surface area contributed by atoms with Gasteiger partial charge in [0, 0.05) is 49.9 Å². The number of anilines is 3. The van der Waals surface area contributed by atoms with E-state index in [9.17, 15) is 14.7 Å². The number of aliphatic hydroxyl groups is 2. The third kappa shape index (κ3) is 5.81. The normalized spacial score (nSPS) is 16.3. The zero-order chi connectivity index (χ0) is 26.6. The lowest BCUT2D eigenvalue weighted by Gasteiger charge is -2.38. The van der Waals surface area contributed by atoms with Gasteiger partial charge in [0.1, 0.15) is 6.26 Å². The highest BCUT2D eigenvalue weighted by atomic mass is 16.3. The number of benzene rings is 2. The molecular weight excluding hydrogens is 486 g/mol. The quantitative estimate of drug-likeness (QED) is 0.339. The van der Waals surface area contributed by atoms with Crippen LogP contribution < -0.4 is 20.4 Å². The van der Waals surface area contributed by atoms with E-state index in [0.29, 0.717) is 17.1 Å². The number of amides is 2. The van der Waals surface area contributed by atoms with Crippen LogP contribution in [-0.2, 0) is 0 Å². The summed E-state index contributed by atoms with van der Waals surface area (Å²) in [7, 11) is 0. The SMILES string of the molecule is Cc1ccccc1N1CCN(c2ccc(C(=O)NC[C@H](O)CO)cc2NC(=O)c2coc(C3CC3)n2)CC1. The highest BCUT2D eigenvalue weighted by Crippen LogP contribution is 2.39. The van der Waals surface area contributed by atoms with Crippen LogP contribution in [0.25, 0.3) is 0 Å². The molecule has 1 saturated heterocycles. The predicted molar refractivity (Wildman–Crippen MR) is 144 cm³/mol. The number of hydrogen-bond acceptors (Lipinski definition) is 8. The number of para-hydroxylation sites is 1. The maximum absolute atomic E-state index is 13.1. The lowest BCUT2D eigenvalue weighted by atomic mass is 10.1. The number of carbonyl (C=O) groups excluding carboxylic acids is 2. The van der Waals surface area contributed by atoms with Gasteiger partial charge in [-0.25, -0.2) is 4.98 Å². The molecule has 4 N–H and O–H groups in total. The van der Waals surface area contributed by atoms with Crippen LogP contribution in [0.4, 0.5) is 17.1 Å². The Morgan fingerprint density at radius 1 is 1.05 bits per heavy atom. The molecule has 10 heteroatoms. The summed E-state index contributed by atoms with van der Waals surface area (Å²) in [5.74, 6) is 0.0475. The van der Waals surface area contributed by atoms with Crippen molar-refractivity contribution in [1.82, 2.24) is 10.3 Å². The van der Waals surface area contributed by atoms with Crippen LogP contribution in [0.1, 0.15) is 51.1 Å². The van der Waals surface area contributed by atoms with Gasteiger partial charge in [-0.05, 0) is 49.6 Å². The molecule has 5 rings (SSSR count). The van der Waals surface area contributed by atoms with E-state index in [0.717, 1.165) is 44.7 Å². The van der Waals surface area contributed by atoms with Crippen LogP contribution in [0.2, 0.25) is 0 Å². The zero-order valence-electron chi connectivity index (χ0n) is 21.4. The number of carbonyl (C=O) groups is 2. The summed E-state index contributed by atoms with van der Waals surface area (Å²) in [5.41, 5.74) is 4.27. The standard InChI is InChI=1S/C28H33N5O5/c1-18-4-2-3-5-24(18)32-10-12-33(13-11-32)25-9-8-20(26(36)29-15-21(35)16-34)14-22(25)30-27(37)23-17-38-28(31-23)19-6-7-19/h2-5,8-9,14,17,19,21,34-35H,6-7,10-13,15-16H2,1H3,(H,29,36)(H,30,37)/t21-/m0/s1. The summed E-state index contributed by atoms with van der Waals surface area (Å²) in [6, 6.07) is 13.5. The lowest BCUT2D eigenvalue weighted by Crippen LogP contribution is -2.47. The number of oxazole rings is 1. The molecule has 38 heavy (non-hydrogen) atoms. The Morgan fingerprint density at radius 3 is 2.45 bits per heavy atom. The number of rotatable bonds is 9. The molecule has 0 bridgehead atoms. The highest BCUT2D eigenvalue weighted by Gasteiger charge is 2.30. The largest absolute Gasteiger partial charge is 0.448 e. The molecule has 1 aliphatic heterocycles. The smallest absolute Gasteiger partial charge is 0.277 e. The van der Waals surface area contributed by atoms with Crippen molar-refractivity contribution < 1.29 is 24.2 Å². The van der Waals surface area contributed by atoms with Crippen LogP contribution >= 0.6 is 0 Å². The Labute approximate surface area is 221 Å². The first-order valence-corrected chi connectivity index (χ1v) is 13.0. The first kappa shape index (κ1) is 25.7. The molecule has 0 spiro atoms. The molecule has 2 heterocycles. The van der Waals surface area contributed by atoms with Crippen LogP contribution in [0.15, 0.2) is 53.1 Å². The molecule has 0 radical (unpaired) electrons. The van der Waals surface area contributed by atoms with E-state index >= 15 is 0 Å². The average molecular weight is 520 g/mol. The first-order chi connectivity index (χ1) is 18.4. The molecule has 2 amide bonds. The van der Waals surface area contributed by atoms with Gasteiger partial charge in [0.05, 0.1) is 24.1 Å². The summed E-state index contributed by atoms with van der Waals surface area (Å²) in [4.78, 5) is 34.7. The van der Waals surface area contributed by atoms with Crippen LogP contribution in [-0.4, -0.2) is 72.4 Å². The molecule has 1 aromatic heterocycles. The molecule has 1 aliphatic carbocycles. The molecule has 10 nitrogen and oxygen atoms in total. The minimum Gasteiger partial charge on any atom is -0.448 e. The van der Waals surface area contributed by atoms with Crippen molar-refractivity contribution in [3.05, 3.63) is 71.4 Å². The Bertz CT molecular complexity index is 1300. The maximum Gasteiger partial charge on any atom is 0.277 e. The highest BCUT2D eigenvalue weighted by molar-refractivity contribution is 6.06. The van der Waals surface area contributed by atoms with E-state index in [-0.39, 0.29) is 18.2 Å². The Morgan fingerprint density at radius 2 is 1.76 bits per heavy atom. The second-order valence-corrected chi connectivity index (χ2v) is 9.84. The van der Waals surface area contributed by atoms with Crippen molar-refractivity contribution in [2.75, 3.05) is 54.4 Å². The predicted octanol–water partition coefficient (Wildman–Crippen LogP) is 2.52. The van der Waals surface area contributed by atoms with E-state index in [4.69, 9.17) is 9.52 Å². The number of aromatic nitrogens is 1. The molecule has 200 valence electrons. The van der Waals surface area contributed by atoms with E-state index in [2.05, 4.69) is 44.5 Å². The molecule has 1 atom stereocenters. The lowest BCUT2D eigenvalue weighted by molar-refractivity contribution is 0.0802. The van der Waals surface area contributed by atoms with Crippen LogP contribution in [0, 0.1) is 6.92 Å². The summed E-state index contributed by atoms with van der Waals surface area (Å²) in [6.45, 7) is 4.68. The van der Waals surface area contributed by atoms with Crippen molar-refractivity contribution in [2.24, 2.45) is 0 Å². The average Bonchev–Trinajstić information content (AvgIpc) is 3.67. The van der Waals surface area contributed by atoms with Gasteiger partial charge in [0.25, 0.3) is 11.8 Å². The third-order valence-corrected chi connectivity index (χ3v) is 6.97. The summed E-state index contributed by atoms with van der Waals surface area (Å²) in [6.07, 6.45) is 2.36. The van der Waals surface area contributed by atoms with Crippen molar-refractivity contribution in [3.8, 4) is 0 Å². The van der Waals surface area contributed by atoms with Crippen LogP contribution in [0.3, 0.4) is 0 Å². The van der Waals surface area contributed by atoms with Crippen LogP contribution in [0.5, 0.6) is 0 Å². The Kier molecular flexibility index (Phi) is 7.62. The number of nitrogens with one attached hydrogen (secondary N) is 2. The monoisotopic (exact) mass is 519 g/mol. The van der Waals surface area contributed by atoms with Gasteiger partial charge in [-0.3, -0.25) is 9.59 Å². The van der Waals surface area contributed by atoms with Gasteiger partial charge in [-0.15, -0.1) is 0 Å². The minimum absolute atomic E-state index is 0.0808. The van der Waals surface area contributed by atoms with Crippen molar-refractivity contribution >= 4 is 28.9 Å². The second kappa shape index (κ2) is 11.2. The summed E-state index contributed by atoms with van der Waals surface area (Å²) < 4.78 is 5.49. The van der Waals surface area contributed by atoms with Gasteiger partial charge < -0.3 is 35.1 Å². The van der Waals surface area contributed by atoms with Gasteiger partial charge in [-0.2, -0.15) is 0 Å². The van der Waals surface area contributed by atoms with Crippen molar-refractivity contribution in [2.45, 2.75) is 31.8 Å². The number of nitrogens with zero attached hydrogens (tertiary/aromatic N) is 3. The minimum atomic E-state index is -1.05. The molecule has 2 aromatic carbocycles. The number of piperazine rings is 1. The van der Waals surface area contributed by atoms with Gasteiger partial charge in [0.15, 0.2) is 11.6 Å². The molecule has 2 fully saturated rings. The third-order valence-electron chi connectivity index (χ3n) is 6.97. The Hall–Kier alpha value is -3.89. The zero-order valence-corrected chi connectivity index (χ0v) is 21.4. The van der Waals surface area contributed by atoms with Crippen molar-refractivity contribution in [1.29, 1.82) is 0 Å². The fraction of sp³-hybridized carbons (Fsp3) is 0.393. The molecule has 3 aromatic rings. The van der Waals surface area contributed by atoms with E-state index < -0.39 is 24.5 Å².